The van der Waals surface area contributed by atoms with Crippen LogP contribution in [0.15, 0.2) is 49.2 Å². The molecule has 0 bridgehead atoms. The van der Waals surface area contributed by atoms with Crippen molar-refractivity contribution in [1.82, 2.24) is 15.0 Å². The van der Waals surface area contributed by atoms with Crippen molar-refractivity contribution in [3.05, 3.63) is 49.2 Å². The number of nitrogens with zero attached hydrogens (tertiary/aromatic N) is 3. The molecule has 0 saturated heterocycles. The van der Waals surface area contributed by atoms with Gasteiger partial charge >= 0.3 is 15.6 Å². The predicted molar refractivity (Wildman–Crippen MR) is 78.4 cm³/mol. The summed E-state index contributed by atoms with van der Waals surface area (Å²) in [7, 11) is -5.81. The minimum atomic E-state index is -5.81. The second kappa shape index (κ2) is 5.71. The molecule has 1 aromatic carbocycles. The van der Waals surface area contributed by atoms with Crippen LogP contribution >= 0.6 is 0 Å². The highest BCUT2D eigenvalue weighted by Gasteiger charge is 2.48. The summed E-state index contributed by atoms with van der Waals surface area (Å²) < 4.78 is 64.7. The Bertz CT molecular complexity index is 992. The first-order valence-corrected chi connectivity index (χ1v) is 7.84. The summed E-state index contributed by atoms with van der Waals surface area (Å²) in [6.07, 6.45) is 5.42. The first-order chi connectivity index (χ1) is 11.3. The van der Waals surface area contributed by atoms with Crippen molar-refractivity contribution in [1.29, 1.82) is 0 Å². The van der Waals surface area contributed by atoms with Crippen molar-refractivity contribution >= 4 is 21.0 Å². The van der Waals surface area contributed by atoms with E-state index in [4.69, 9.17) is 0 Å². The fraction of sp³-hybridized carbons (Fsp3) is 0.0714. The Hall–Kier alpha value is -2.75. The quantitative estimate of drug-likeness (QED) is 0.531. The Balaban J connectivity index is 2.19. The van der Waals surface area contributed by atoms with Crippen LogP contribution in [0.4, 0.5) is 13.2 Å². The molecule has 0 aliphatic carbocycles. The minimum Gasteiger partial charge on any atom is -0.374 e. The van der Waals surface area contributed by atoms with Gasteiger partial charge in [-0.2, -0.15) is 21.6 Å². The van der Waals surface area contributed by atoms with Gasteiger partial charge in [0, 0.05) is 24.0 Å². The average Bonchev–Trinajstić information content (AvgIpc) is 2.54. The van der Waals surface area contributed by atoms with Crippen LogP contribution in [-0.4, -0.2) is 28.9 Å². The van der Waals surface area contributed by atoms with Crippen LogP contribution in [0.2, 0.25) is 0 Å². The van der Waals surface area contributed by atoms with Gasteiger partial charge in [0.15, 0.2) is 5.75 Å². The van der Waals surface area contributed by atoms with Crippen molar-refractivity contribution in [3.8, 4) is 16.9 Å². The lowest BCUT2D eigenvalue weighted by molar-refractivity contribution is -0.0499. The number of benzene rings is 1. The predicted octanol–water partition coefficient (Wildman–Crippen LogP) is 2.92. The van der Waals surface area contributed by atoms with Gasteiger partial charge in [0.2, 0.25) is 0 Å². The monoisotopic (exact) mass is 355 g/mol. The summed E-state index contributed by atoms with van der Waals surface area (Å²) >= 11 is 0. The largest absolute Gasteiger partial charge is 0.534 e. The Labute approximate surface area is 134 Å². The van der Waals surface area contributed by atoms with E-state index in [0.29, 0.717) is 16.5 Å². The third-order valence-corrected chi connectivity index (χ3v) is 4.03. The number of hydrogen-bond donors (Lipinski definition) is 0. The topological polar surface area (TPSA) is 82.0 Å². The van der Waals surface area contributed by atoms with E-state index in [-0.39, 0.29) is 5.52 Å². The van der Waals surface area contributed by atoms with Crippen LogP contribution in [0.25, 0.3) is 22.0 Å². The molecule has 0 radical (unpaired) electrons. The van der Waals surface area contributed by atoms with Crippen molar-refractivity contribution in [2.45, 2.75) is 5.51 Å². The molecular weight excluding hydrogens is 347 g/mol. The molecule has 0 aliphatic rings. The van der Waals surface area contributed by atoms with Crippen LogP contribution in [-0.2, 0) is 10.1 Å². The number of alkyl halides is 3. The molecule has 2 heterocycles. The zero-order valence-electron chi connectivity index (χ0n) is 11.7. The zero-order valence-corrected chi connectivity index (χ0v) is 12.5. The van der Waals surface area contributed by atoms with E-state index in [2.05, 4.69) is 19.1 Å². The number of aromatic nitrogens is 3. The number of halogens is 3. The molecule has 0 fully saturated rings. The van der Waals surface area contributed by atoms with Crippen LogP contribution in [0.1, 0.15) is 0 Å². The Morgan fingerprint density at radius 3 is 2.38 bits per heavy atom. The molecule has 0 atom stereocenters. The highest BCUT2D eigenvalue weighted by atomic mass is 32.2. The Morgan fingerprint density at radius 2 is 1.71 bits per heavy atom. The maximum atomic E-state index is 12.6. The lowest BCUT2D eigenvalue weighted by Crippen LogP contribution is -2.28. The molecule has 10 heteroatoms. The fourth-order valence-electron chi connectivity index (χ4n) is 2.01. The van der Waals surface area contributed by atoms with E-state index in [1.54, 1.807) is 18.2 Å². The number of pyridine rings is 1. The van der Waals surface area contributed by atoms with Gasteiger partial charge in [0.1, 0.15) is 11.8 Å². The van der Waals surface area contributed by atoms with E-state index in [1.807, 2.05) is 0 Å². The molecule has 24 heavy (non-hydrogen) atoms. The molecule has 0 saturated carbocycles. The Morgan fingerprint density at radius 1 is 1.00 bits per heavy atom. The summed E-state index contributed by atoms with van der Waals surface area (Å²) in [5.41, 5.74) is -4.54. The lowest BCUT2D eigenvalue weighted by Gasteiger charge is -2.12. The third kappa shape index (κ3) is 3.00. The van der Waals surface area contributed by atoms with E-state index in [0.717, 1.165) is 6.33 Å². The summed E-state index contributed by atoms with van der Waals surface area (Å²) in [4.78, 5) is 11.4. The van der Waals surface area contributed by atoms with E-state index < -0.39 is 21.4 Å². The lowest BCUT2D eigenvalue weighted by atomic mass is 10.0. The molecular formula is C14H8F3N3O3S. The molecule has 0 spiro atoms. The second-order valence-electron chi connectivity index (χ2n) is 4.65. The van der Waals surface area contributed by atoms with Gasteiger partial charge in [-0.05, 0) is 35.4 Å². The second-order valence-corrected chi connectivity index (χ2v) is 6.19. The van der Waals surface area contributed by atoms with Crippen LogP contribution < -0.4 is 4.18 Å². The molecule has 3 aromatic rings. The summed E-state index contributed by atoms with van der Waals surface area (Å²) in [6.45, 7) is 0. The number of hydrogen-bond acceptors (Lipinski definition) is 6. The van der Waals surface area contributed by atoms with Gasteiger partial charge in [0.25, 0.3) is 0 Å². The molecule has 2 aromatic heterocycles. The molecule has 0 aliphatic heterocycles. The third-order valence-electron chi connectivity index (χ3n) is 3.07. The highest BCUT2D eigenvalue weighted by molar-refractivity contribution is 7.88. The van der Waals surface area contributed by atoms with Gasteiger partial charge < -0.3 is 4.18 Å². The molecule has 3 rings (SSSR count). The first kappa shape index (κ1) is 16.1. The minimum absolute atomic E-state index is 0.0457. The SMILES string of the molecule is O=S(=O)(Oc1cc(-c2ccncc2)cc2cncnc12)C(F)(F)F. The van der Waals surface area contributed by atoms with Gasteiger partial charge in [-0.25, -0.2) is 9.97 Å². The maximum absolute atomic E-state index is 12.6. The van der Waals surface area contributed by atoms with Gasteiger partial charge in [-0.3, -0.25) is 4.98 Å². The van der Waals surface area contributed by atoms with Crippen molar-refractivity contribution in [3.63, 3.8) is 0 Å². The molecule has 0 amide bonds. The molecule has 0 unspecified atom stereocenters. The summed E-state index contributed by atoms with van der Waals surface area (Å²) in [5.74, 6) is -0.529. The van der Waals surface area contributed by atoms with Gasteiger partial charge in [-0.1, -0.05) is 0 Å². The van der Waals surface area contributed by atoms with E-state index in [1.165, 1.54) is 24.7 Å². The highest BCUT2D eigenvalue weighted by Crippen LogP contribution is 2.34. The first-order valence-electron chi connectivity index (χ1n) is 6.43. The molecule has 0 N–H and O–H groups in total. The fourth-order valence-corrected chi connectivity index (χ4v) is 2.47. The smallest absolute Gasteiger partial charge is 0.374 e. The van der Waals surface area contributed by atoms with Crippen LogP contribution in [0, 0.1) is 0 Å². The van der Waals surface area contributed by atoms with Gasteiger partial charge in [0.05, 0.1) is 0 Å². The summed E-state index contributed by atoms with van der Waals surface area (Å²) in [6, 6.07) is 6.02. The number of fused-ring (bicyclic) bond motifs is 1. The van der Waals surface area contributed by atoms with Crippen LogP contribution in [0.5, 0.6) is 5.75 Å². The Kier molecular flexibility index (Phi) is 3.84. The molecule has 124 valence electrons. The van der Waals surface area contributed by atoms with E-state index in [9.17, 15) is 21.6 Å². The van der Waals surface area contributed by atoms with Crippen LogP contribution in [0.3, 0.4) is 0 Å². The summed E-state index contributed by atoms with van der Waals surface area (Å²) in [5, 5.41) is 0.333. The van der Waals surface area contributed by atoms with E-state index >= 15 is 0 Å². The average molecular weight is 355 g/mol. The van der Waals surface area contributed by atoms with Crippen molar-refractivity contribution in [2.75, 3.05) is 0 Å². The van der Waals surface area contributed by atoms with Gasteiger partial charge in [-0.15, -0.1) is 0 Å². The zero-order chi connectivity index (χ0) is 17.4. The van der Waals surface area contributed by atoms with Crippen molar-refractivity contribution in [2.24, 2.45) is 0 Å². The van der Waals surface area contributed by atoms with Crippen molar-refractivity contribution < 1.29 is 25.8 Å². The standard InChI is InChI=1S/C14H8F3N3O3S/c15-14(16,17)24(21,22)23-12-6-10(9-1-3-18-4-2-9)5-11-7-19-8-20-13(11)12/h1-8H. The normalized spacial score (nSPS) is 12.3. The maximum Gasteiger partial charge on any atom is 0.534 e. The number of rotatable bonds is 3. The molecule has 6 nitrogen and oxygen atoms in total.